The van der Waals surface area contributed by atoms with Crippen LogP contribution in [0, 0.1) is 0 Å². The lowest BCUT2D eigenvalue weighted by atomic mass is 10.1. The third-order valence-electron chi connectivity index (χ3n) is 4.70. The fraction of sp³-hybridized carbons (Fsp3) is 0.0833. The van der Waals surface area contributed by atoms with Crippen LogP contribution in [0.15, 0.2) is 78.4 Å². The minimum atomic E-state index is -0.512. The van der Waals surface area contributed by atoms with Crippen LogP contribution in [0.5, 0.6) is 11.5 Å². The Labute approximate surface area is 184 Å². The molecule has 1 N–H and O–H groups in total. The first-order chi connectivity index (χ1) is 15.1. The van der Waals surface area contributed by atoms with Gasteiger partial charge < -0.3 is 9.47 Å². The van der Waals surface area contributed by atoms with Crippen LogP contribution in [0.3, 0.4) is 0 Å². The van der Waals surface area contributed by atoms with E-state index < -0.39 is 11.8 Å². The molecule has 1 aliphatic heterocycles. The van der Waals surface area contributed by atoms with Crippen LogP contribution in [-0.4, -0.2) is 18.9 Å². The number of benzene rings is 3. The Bertz CT molecular complexity index is 1150. The smallest absolute Gasteiger partial charge is 0.282 e. The maximum Gasteiger partial charge on any atom is 0.282 e. The molecule has 7 heteroatoms. The lowest BCUT2D eigenvalue weighted by molar-refractivity contribution is -0.117. The number of amides is 2. The molecule has 6 nitrogen and oxygen atoms in total. The lowest BCUT2D eigenvalue weighted by Crippen LogP contribution is -2.35. The number of nitrogens with one attached hydrogen (secondary N) is 1. The van der Waals surface area contributed by atoms with Crippen molar-refractivity contribution in [2.24, 2.45) is 0 Å². The quantitative estimate of drug-likeness (QED) is 0.461. The van der Waals surface area contributed by atoms with Crippen molar-refractivity contribution in [3.05, 3.63) is 94.5 Å². The molecule has 0 bridgehead atoms. The van der Waals surface area contributed by atoms with Gasteiger partial charge in [-0.25, -0.2) is 5.01 Å². The monoisotopic (exact) mass is 434 g/mol. The molecule has 1 saturated heterocycles. The van der Waals surface area contributed by atoms with Crippen LogP contribution in [0.1, 0.15) is 11.1 Å². The summed E-state index contributed by atoms with van der Waals surface area (Å²) in [7, 11) is 1.50. The summed E-state index contributed by atoms with van der Waals surface area (Å²) in [6, 6.07) is 21.7. The summed E-state index contributed by atoms with van der Waals surface area (Å²) in [6.07, 6.45) is 1.47. The maximum atomic E-state index is 12.9. The standard InChI is InChI=1S/C24H19ClN2O4/c1-30-21-14-18(25)12-17(22(21)31-15-16-8-4-2-5-9-16)13-20-23(28)26-27(24(20)29)19-10-6-3-7-11-19/h2-14H,15H2,1H3,(H,26,28). The second-order valence-electron chi connectivity index (χ2n) is 6.78. The Balaban J connectivity index is 1.70. The van der Waals surface area contributed by atoms with Gasteiger partial charge in [-0.05, 0) is 29.8 Å². The maximum absolute atomic E-state index is 12.9. The molecular weight excluding hydrogens is 416 g/mol. The van der Waals surface area contributed by atoms with Gasteiger partial charge in [-0.2, -0.15) is 0 Å². The van der Waals surface area contributed by atoms with Crippen molar-refractivity contribution in [2.45, 2.75) is 6.61 Å². The number of hydrogen-bond donors (Lipinski definition) is 1. The number of anilines is 1. The van der Waals surface area contributed by atoms with Gasteiger partial charge in [0.05, 0.1) is 12.8 Å². The van der Waals surface area contributed by atoms with Crippen LogP contribution in [0.2, 0.25) is 5.02 Å². The molecule has 0 spiro atoms. The number of hydrazine groups is 1. The molecule has 156 valence electrons. The molecule has 0 saturated carbocycles. The number of hydrogen-bond acceptors (Lipinski definition) is 4. The van der Waals surface area contributed by atoms with Gasteiger partial charge in [0.25, 0.3) is 11.8 Å². The van der Waals surface area contributed by atoms with Gasteiger partial charge in [0.1, 0.15) is 12.2 Å². The summed E-state index contributed by atoms with van der Waals surface area (Å²) < 4.78 is 11.4. The summed E-state index contributed by atoms with van der Waals surface area (Å²) in [5.74, 6) is -0.186. The number of nitrogens with zero attached hydrogens (tertiary/aromatic N) is 1. The zero-order chi connectivity index (χ0) is 21.8. The number of carbonyl (C=O) groups is 2. The van der Waals surface area contributed by atoms with Crippen molar-refractivity contribution in [3.8, 4) is 11.5 Å². The highest BCUT2D eigenvalue weighted by molar-refractivity contribution is 6.32. The van der Waals surface area contributed by atoms with Crippen molar-refractivity contribution >= 4 is 35.2 Å². The van der Waals surface area contributed by atoms with E-state index in [0.717, 1.165) is 5.56 Å². The SMILES string of the molecule is COc1cc(Cl)cc(C=C2C(=O)NN(c3ccccc3)C2=O)c1OCc1ccccc1. The van der Waals surface area contributed by atoms with Crippen molar-refractivity contribution in [3.63, 3.8) is 0 Å². The number of ether oxygens (including phenoxy) is 2. The summed E-state index contributed by atoms with van der Waals surface area (Å²) >= 11 is 6.24. The fourth-order valence-electron chi connectivity index (χ4n) is 3.20. The van der Waals surface area contributed by atoms with Gasteiger partial charge in [0.2, 0.25) is 0 Å². The van der Waals surface area contributed by atoms with E-state index in [1.54, 1.807) is 36.4 Å². The highest BCUT2D eigenvalue weighted by atomic mass is 35.5. The highest BCUT2D eigenvalue weighted by Crippen LogP contribution is 2.37. The third-order valence-corrected chi connectivity index (χ3v) is 4.92. The Morgan fingerprint density at radius 1 is 1.00 bits per heavy atom. The second-order valence-corrected chi connectivity index (χ2v) is 7.21. The zero-order valence-electron chi connectivity index (χ0n) is 16.7. The largest absolute Gasteiger partial charge is 0.493 e. The van der Waals surface area contributed by atoms with Crippen molar-refractivity contribution in [2.75, 3.05) is 12.1 Å². The molecule has 1 fully saturated rings. The van der Waals surface area contributed by atoms with Gasteiger partial charge >= 0.3 is 0 Å². The number of methoxy groups -OCH3 is 1. The molecular formula is C24H19ClN2O4. The summed E-state index contributed by atoms with van der Waals surface area (Å²) in [5.41, 5.74) is 4.54. The number of carbonyl (C=O) groups excluding carboxylic acids is 2. The molecule has 3 aromatic rings. The first-order valence-corrected chi connectivity index (χ1v) is 9.91. The molecule has 0 unspecified atom stereocenters. The van der Waals surface area contributed by atoms with E-state index in [1.807, 2.05) is 36.4 Å². The molecule has 1 aliphatic rings. The van der Waals surface area contributed by atoms with Gasteiger partial charge in [-0.3, -0.25) is 15.0 Å². The van der Waals surface area contributed by atoms with Gasteiger partial charge in [-0.1, -0.05) is 60.1 Å². The van der Waals surface area contributed by atoms with E-state index in [2.05, 4.69) is 5.43 Å². The van der Waals surface area contributed by atoms with Crippen molar-refractivity contribution < 1.29 is 19.1 Å². The predicted molar refractivity (Wildman–Crippen MR) is 119 cm³/mol. The summed E-state index contributed by atoms with van der Waals surface area (Å²) in [5, 5.41) is 1.60. The molecule has 0 atom stereocenters. The number of halogens is 1. The Morgan fingerprint density at radius 2 is 1.68 bits per heavy atom. The Morgan fingerprint density at radius 3 is 2.35 bits per heavy atom. The minimum absolute atomic E-state index is 0.0299. The molecule has 0 aliphatic carbocycles. The fourth-order valence-corrected chi connectivity index (χ4v) is 3.42. The lowest BCUT2D eigenvalue weighted by Gasteiger charge is -2.15. The van der Waals surface area contributed by atoms with Crippen LogP contribution in [0.4, 0.5) is 5.69 Å². The Hall–Kier alpha value is -3.77. The predicted octanol–water partition coefficient (Wildman–Crippen LogP) is 4.39. The normalized spacial score (nSPS) is 14.6. The molecule has 1 heterocycles. The Kier molecular flexibility index (Phi) is 5.91. The van der Waals surface area contributed by atoms with E-state index in [1.165, 1.54) is 18.2 Å². The molecule has 3 aromatic carbocycles. The molecule has 2 amide bonds. The average molecular weight is 435 g/mol. The van der Waals surface area contributed by atoms with Gasteiger partial charge in [0.15, 0.2) is 11.5 Å². The minimum Gasteiger partial charge on any atom is -0.493 e. The van der Waals surface area contributed by atoms with E-state index >= 15 is 0 Å². The van der Waals surface area contributed by atoms with Crippen molar-refractivity contribution in [1.29, 1.82) is 0 Å². The molecule has 4 rings (SSSR count). The van der Waals surface area contributed by atoms with Gasteiger partial charge in [0, 0.05) is 16.7 Å². The third kappa shape index (κ3) is 4.39. The zero-order valence-corrected chi connectivity index (χ0v) is 17.4. The van der Waals surface area contributed by atoms with Gasteiger partial charge in [-0.15, -0.1) is 0 Å². The number of para-hydroxylation sites is 1. The van der Waals surface area contributed by atoms with E-state index in [9.17, 15) is 9.59 Å². The molecule has 0 aromatic heterocycles. The first kappa shape index (κ1) is 20.5. The number of rotatable bonds is 6. The van der Waals surface area contributed by atoms with E-state index in [-0.39, 0.29) is 12.2 Å². The van der Waals surface area contributed by atoms with E-state index in [4.69, 9.17) is 21.1 Å². The van der Waals surface area contributed by atoms with Crippen LogP contribution in [0.25, 0.3) is 6.08 Å². The van der Waals surface area contributed by atoms with Crippen LogP contribution < -0.4 is 19.9 Å². The van der Waals surface area contributed by atoms with Crippen molar-refractivity contribution in [1.82, 2.24) is 5.43 Å². The molecule has 0 radical (unpaired) electrons. The van der Waals surface area contributed by atoms with Crippen LogP contribution >= 0.6 is 11.6 Å². The summed E-state index contributed by atoms with van der Waals surface area (Å²) in [6.45, 7) is 0.283. The molecule has 31 heavy (non-hydrogen) atoms. The highest BCUT2D eigenvalue weighted by Gasteiger charge is 2.34. The first-order valence-electron chi connectivity index (χ1n) is 9.53. The summed E-state index contributed by atoms with van der Waals surface area (Å²) in [4.78, 5) is 25.5. The topological polar surface area (TPSA) is 67.9 Å². The van der Waals surface area contributed by atoms with Crippen LogP contribution in [-0.2, 0) is 16.2 Å². The average Bonchev–Trinajstić information content (AvgIpc) is 3.07. The second kappa shape index (κ2) is 8.93. The van der Waals surface area contributed by atoms with E-state index in [0.29, 0.717) is 27.8 Å².